The van der Waals surface area contributed by atoms with Crippen molar-refractivity contribution in [3.8, 4) is 0 Å². The van der Waals surface area contributed by atoms with Crippen molar-refractivity contribution >= 4 is 0 Å². The zero-order chi connectivity index (χ0) is 7.49. The predicted molar refractivity (Wildman–Crippen MR) is 29.2 cm³/mol. The first-order valence-electron chi connectivity index (χ1n) is 2.71. The molecule has 0 aliphatic rings. The van der Waals surface area contributed by atoms with Crippen LogP contribution in [-0.4, -0.2) is 26.2 Å². The molecule has 0 aliphatic carbocycles. The van der Waals surface area contributed by atoms with Gasteiger partial charge in [0.2, 0.25) is 5.79 Å². The summed E-state index contributed by atoms with van der Waals surface area (Å²) in [5.74, 6) is -2.42. The molecule has 0 spiro atoms. The summed E-state index contributed by atoms with van der Waals surface area (Å²) in [5.41, 5.74) is 0. The first-order valence-corrected chi connectivity index (χ1v) is 2.71. The number of hydrogen-bond acceptors (Lipinski definition) is 4. The summed E-state index contributed by atoms with van der Waals surface area (Å²) in [7, 11) is 0. The van der Waals surface area contributed by atoms with E-state index in [0.29, 0.717) is 6.42 Å². The van der Waals surface area contributed by atoms with Crippen LogP contribution in [0.3, 0.4) is 0 Å². The van der Waals surface area contributed by atoms with Gasteiger partial charge < -0.3 is 20.4 Å². The molecule has 0 aliphatic heterocycles. The maximum atomic E-state index is 8.61. The highest BCUT2D eigenvalue weighted by Gasteiger charge is 2.31. The van der Waals surface area contributed by atoms with Crippen LogP contribution in [-0.2, 0) is 0 Å². The maximum Gasteiger partial charge on any atom is 0.279 e. The van der Waals surface area contributed by atoms with E-state index < -0.39 is 12.1 Å². The molecule has 9 heavy (non-hydrogen) atoms. The second kappa shape index (κ2) is 3.12. The molecule has 0 unspecified atom stereocenters. The molecule has 0 saturated carbocycles. The highest BCUT2D eigenvalue weighted by atomic mass is 16.6. The Hall–Kier alpha value is -0.160. The Morgan fingerprint density at radius 1 is 1.33 bits per heavy atom. The van der Waals surface area contributed by atoms with Crippen molar-refractivity contribution in [3.63, 3.8) is 0 Å². The lowest BCUT2D eigenvalue weighted by atomic mass is 10.1. The Labute approximate surface area is 53.4 Å². The van der Waals surface area contributed by atoms with Crippen molar-refractivity contribution in [1.29, 1.82) is 0 Å². The Bertz CT molecular complexity index is 79.0. The van der Waals surface area contributed by atoms with Crippen molar-refractivity contribution in [2.24, 2.45) is 0 Å². The molecular weight excluding hydrogens is 124 g/mol. The van der Waals surface area contributed by atoms with E-state index in [-0.39, 0.29) is 6.42 Å². The lowest BCUT2D eigenvalue weighted by Crippen LogP contribution is -2.35. The molecule has 0 aromatic carbocycles. The quantitative estimate of drug-likeness (QED) is 0.400. The Kier molecular flexibility index (Phi) is 3.07. The van der Waals surface area contributed by atoms with Gasteiger partial charge in [-0.1, -0.05) is 13.3 Å². The van der Waals surface area contributed by atoms with Crippen molar-refractivity contribution in [2.45, 2.75) is 25.6 Å². The summed E-state index contributed by atoms with van der Waals surface area (Å²) >= 11 is 0. The van der Waals surface area contributed by atoms with Crippen LogP contribution < -0.4 is 0 Å². The van der Waals surface area contributed by atoms with Gasteiger partial charge in [0.15, 0.2) is 0 Å². The summed E-state index contributed by atoms with van der Waals surface area (Å²) in [6.07, 6.45) is -0.947. The van der Waals surface area contributed by atoms with Crippen molar-refractivity contribution in [2.75, 3.05) is 0 Å². The fourth-order valence-electron chi connectivity index (χ4n) is 0.460. The molecule has 55 valence electrons. The van der Waals surface area contributed by atoms with Crippen LogP contribution in [0.5, 0.6) is 0 Å². The number of aliphatic hydroxyl groups excluding tert-OH is 1. The molecule has 4 heteroatoms. The summed E-state index contributed by atoms with van der Waals surface area (Å²) < 4.78 is 0. The van der Waals surface area contributed by atoms with Crippen LogP contribution in [0.1, 0.15) is 19.8 Å². The fourth-order valence-corrected chi connectivity index (χ4v) is 0.460. The minimum absolute atomic E-state index is 0.0741. The average Bonchev–Trinajstić information content (AvgIpc) is 1.65. The van der Waals surface area contributed by atoms with E-state index in [4.69, 9.17) is 20.4 Å². The van der Waals surface area contributed by atoms with E-state index in [0.717, 1.165) is 0 Å². The summed E-state index contributed by atoms with van der Waals surface area (Å²) in [6, 6.07) is 0. The Morgan fingerprint density at radius 2 is 1.78 bits per heavy atom. The third-order valence-electron chi connectivity index (χ3n) is 0.957. The molecule has 0 atom stereocenters. The first-order chi connectivity index (χ1) is 4.00. The lowest BCUT2D eigenvalue weighted by molar-refractivity contribution is -0.230. The topological polar surface area (TPSA) is 80.9 Å². The van der Waals surface area contributed by atoms with E-state index in [1.54, 1.807) is 6.92 Å². The van der Waals surface area contributed by atoms with Crippen molar-refractivity contribution in [3.05, 3.63) is 6.29 Å². The molecular formula is C5H11O4. The molecule has 0 bridgehead atoms. The van der Waals surface area contributed by atoms with Crippen LogP contribution in [0.15, 0.2) is 0 Å². The van der Waals surface area contributed by atoms with Crippen molar-refractivity contribution < 1.29 is 20.4 Å². The Balaban J connectivity index is 3.70. The average molecular weight is 135 g/mol. The van der Waals surface area contributed by atoms with Crippen LogP contribution in [0.25, 0.3) is 0 Å². The Morgan fingerprint density at radius 3 is 1.89 bits per heavy atom. The van der Waals surface area contributed by atoms with Gasteiger partial charge in [-0.25, -0.2) is 0 Å². The van der Waals surface area contributed by atoms with Gasteiger partial charge in [-0.3, -0.25) is 0 Å². The standard InChI is InChI=1S/C5H11O4/c1-2-3-5(8,9)4(6)7/h6-9H,2-3H2,1H3. The molecule has 0 heterocycles. The van der Waals surface area contributed by atoms with E-state index in [9.17, 15) is 0 Å². The summed E-state index contributed by atoms with van der Waals surface area (Å²) in [6.45, 7) is 1.70. The SMILES string of the molecule is CCCC(O)(O)[C](O)O. The van der Waals surface area contributed by atoms with Gasteiger partial charge in [0.05, 0.1) is 0 Å². The van der Waals surface area contributed by atoms with Gasteiger partial charge in [-0.05, 0) is 0 Å². The molecule has 0 aromatic heterocycles. The van der Waals surface area contributed by atoms with Crippen LogP contribution in [0, 0.1) is 6.29 Å². The molecule has 0 amide bonds. The van der Waals surface area contributed by atoms with E-state index in [1.165, 1.54) is 0 Å². The summed E-state index contributed by atoms with van der Waals surface area (Å²) in [5, 5.41) is 33.6. The molecule has 4 nitrogen and oxygen atoms in total. The van der Waals surface area contributed by atoms with Gasteiger partial charge in [0.1, 0.15) is 0 Å². The zero-order valence-corrected chi connectivity index (χ0v) is 5.20. The third kappa shape index (κ3) is 2.76. The lowest BCUT2D eigenvalue weighted by Gasteiger charge is -2.20. The molecule has 0 fully saturated rings. The van der Waals surface area contributed by atoms with Crippen LogP contribution in [0.2, 0.25) is 0 Å². The second-order valence-electron chi connectivity index (χ2n) is 1.89. The molecule has 0 rings (SSSR count). The van der Waals surface area contributed by atoms with Gasteiger partial charge >= 0.3 is 0 Å². The van der Waals surface area contributed by atoms with Crippen LogP contribution in [0.4, 0.5) is 0 Å². The second-order valence-corrected chi connectivity index (χ2v) is 1.89. The highest BCUT2D eigenvalue weighted by molar-refractivity contribution is 4.78. The van der Waals surface area contributed by atoms with Crippen molar-refractivity contribution in [1.82, 2.24) is 0 Å². The highest BCUT2D eigenvalue weighted by Crippen LogP contribution is 2.16. The van der Waals surface area contributed by atoms with E-state index >= 15 is 0 Å². The normalized spacial score (nSPS) is 12.7. The number of hydrogen-bond donors (Lipinski definition) is 4. The number of rotatable bonds is 3. The minimum atomic E-state index is -2.42. The smallest absolute Gasteiger partial charge is 0.279 e. The first kappa shape index (κ1) is 8.84. The van der Waals surface area contributed by atoms with Crippen LogP contribution >= 0.6 is 0 Å². The molecule has 0 saturated heterocycles. The van der Waals surface area contributed by atoms with E-state index in [2.05, 4.69) is 0 Å². The predicted octanol–water partition coefficient (Wildman–Crippen LogP) is -0.298. The van der Waals surface area contributed by atoms with Gasteiger partial charge in [-0.2, -0.15) is 0 Å². The van der Waals surface area contributed by atoms with E-state index in [1.807, 2.05) is 0 Å². The zero-order valence-electron chi connectivity index (χ0n) is 5.20. The monoisotopic (exact) mass is 135 g/mol. The molecule has 4 N–H and O–H groups in total. The van der Waals surface area contributed by atoms with Gasteiger partial charge in [0, 0.05) is 6.42 Å². The maximum absolute atomic E-state index is 8.61. The third-order valence-corrected chi connectivity index (χ3v) is 0.957. The fraction of sp³-hybridized carbons (Fsp3) is 0.800. The largest absolute Gasteiger partial charge is 0.361 e. The minimum Gasteiger partial charge on any atom is -0.361 e. The van der Waals surface area contributed by atoms with Gasteiger partial charge in [0.25, 0.3) is 6.29 Å². The number of aliphatic hydroxyl groups is 4. The van der Waals surface area contributed by atoms with Gasteiger partial charge in [-0.15, -0.1) is 0 Å². The summed E-state index contributed by atoms with van der Waals surface area (Å²) in [4.78, 5) is 0. The molecule has 1 radical (unpaired) electrons. The molecule has 0 aromatic rings.